The molecule has 0 fully saturated rings. The minimum absolute atomic E-state index is 0.0915. The average Bonchev–Trinajstić information content (AvgIpc) is 3.10. The summed E-state index contributed by atoms with van der Waals surface area (Å²) in [5.74, 6) is 0.540. The first-order chi connectivity index (χ1) is 14.0. The van der Waals surface area contributed by atoms with Crippen LogP contribution in [0.25, 0.3) is 28.6 Å². The average molecular weight is 444 g/mol. The molecule has 2 aromatic carbocycles. The Labute approximate surface area is 184 Å². The lowest BCUT2D eigenvalue weighted by Gasteiger charge is -2.39. The highest BCUT2D eigenvalue weighted by Gasteiger charge is 2.39. The van der Waals surface area contributed by atoms with Gasteiger partial charge in [-0.15, -0.1) is 0 Å². The van der Waals surface area contributed by atoms with E-state index in [0.717, 1.165) is 16.6 Å². The van der Waals surface area contributed by atoms with E-state index < -0.39 is 14.4 Å². The number of hydrogen-bond acceptors (Lipinski definition) is 4. The Bertz CT molecular complexity index is 1030. The Kier molecular flexibility index (Phi) is 6.58. The molecule has 1 N–H and O–H groups in total. The Morgan fingerprint density at radius 2 is 1.80 bits per heavy atom. The van der Waals surface area contributed by atoms with Crippen molar-refractivity contribution in [1.29, 1.82) is 0 Å². The highest BCUT2D eigenvalue weighted by molar-refractivity contribution is 6.74. The smallest absolute Gasteiger partial charge is 0.227 e. The first-order valence-electron chi connectivity index (χ1n) is 10.2. The van der Waals surface area contributed by atoms with Crippen molar-refractivity contribution < 1.29 is 13.9 Å². The molecular formula is C24H30ClNO3Si. The van der Waals surface area contributed by atoms with Crippen molar-refractivity contribution in [2.45, 2.75) is 58.0 Å². The molecule has 0 bridgehead atoms. The molecule has 0 spiro atoms. The van der Waals surface area contributed by atoms with Crippen molar-refractivity contribution in [1.82, 2.24) is 4.98 Å². The van der Waals surface area contributed by atoms with Crippen LogP contribution < -0.4 is 0 Å². The highest BCUT2D eigenvalue weighted by Crippen LogP contribution is 2.37. The second-order valence-electron chi connectivity index (χ2n) is 9.15. The molecule has 0 aliphatic carbocycles. The van der Waals surface area contributed by atoms with E-state index in [4.69, 9.17) is 20.4 Å². The number of fused-ring (bicyclic) bond motifs is 1. The molecule has 3 aromatic rings. The number of oxazole rings is 1. The van der Waals surface area contributed by atoms with Gasteiger partial charge in [-0.1, -0.05) is 56.7 Å². The lowest BCUT2D eigenvalue weighted by atomic mass is 10.1. The Hall–Kier alpha value is -1.92. The van der Waals surface area contributed by atoms with E-state index in [0.29, 0.717) is 16.5 Å². The van der Waals surface area contributed by atoms with Gasteiger partial charge in [-0.2, -0.15) is 0 Å². The molecule has 160 valence electrons. The van der Waals surface area contributed by atoms with E-state index in [1.165, 1.54) is 0 Å². The molecule has 4 nitrogen and oxygen atoms in total. The summed E-state index contributed by atoms with van der Waals surface area (Å²) in [5.41, 5.74) is 3.17. The van der Waals surface area contributed by atoms with Gasteiger partial charge in [-0.25, -0.2) is 4.98 Å². The Balaban J connectivity index is 1.81. The van der Waals surface area contributed by atoms with Gasteiger partial charge in [0.25, 0.3) is 0 Å². The minimum Gasteiger partial charge on any atom is -0.435 e. The van der Waals surface area contributed by atoms with Gasteiger partial charge in [0.05, 0.1) is 12.2 Å². The third kappa shape index (κ3) is 5.03. The number of rotatable bonds is 6. The third-order valence-corrected chi connectivity index (χ3v) is 10.6. The maximum Gasteiger partial charge on any atom is 0.227 e. The molecule has 0 aliphatic heterocycles. The predicted octanol–water partition coefficient (Wildman–Crippen LogP) is 6.93. The largest absolute Gasteiger partial charge is 0.435 e. The number of para-hydroxylation sites is 1. The van der Waals surface area contributed by atoms with Crippen LogP contribution in [0.4, 0.5) is 0 Å². The summed E-state index contributed by atoms with van der Waals surface area (Å²) in [4.78, 5) is 4.59. The van der Waals surface area contributed by atoms with E-state index in [-0.39, 0.29) is 11.1 Å². The van der Waals surface area contributed by atoms with Crippen molar-refractivity contribution in [3.63, 3.8) is 0 Å². The normalized spacial score (nSPS) is 15.1. The van der Waals surface area contributed by atoms with Crippen LogP contribution in [-0.2, 0) is 4.43 Å². The fraction of sp³-hybridized carbons (Fsp3) is 0.375. The van der Waals surface area contributed by atoms with Gasteiger partial charge in [0, 0.05) is 16.1 Å². The number of nitrogens with zero attached hydrogens (tertiary/aromatic N) is 1. The van der Waals surface area contributed by atoms with Gasteiger partial charge in [-0.3, -0.25) is 0 Å². The Morgan fingerprint density at radius 1 is 1.13 bits per heavy atom. The zero-order chi connectivity index (χ0) is 22.1. The van der Waals surface area contributed by atoms with Crippen LogP contribution in [0.1, 0.15) is 33.3 Å². The summed E-state index contributed by atoms with van der Waals surface area (Å²) in [6.07, 6.45) is 2.63. The number of aromatic nitrogens is 1. The molecule has 0 unspecified atom stereocenters. The molecule has 0 amide bonds. The summed E-state index contributed by atoms with van der Waals surface area (Å²) in [5, 5.41) is 11.4. The maximum absolute atomic E-state index is 10.6. The van der Waals surface area contributed by atoms with Gasteiger partial charge >= 0.3 is 0 Å². The number of aliphatic hydroxyl groups excluding tert-OH is 1. The van der Waals surface area contributed by atoms with Crippen LogP contribution in [0.2, 0.25) is 23.2 Å². The van der Waals surface area contributed by atoms with Gasteiger partial charge < -0.3 is 13.9 Å². The van der Waals surface area contributed by atoms with Crippen LogP contribution in [0.3, 0.4) is 0 Å². The summed E-state index contributed by atoms with van der Waals surface area (Å²) in [7, 11) is -1.95. The zero-order valence-electron chi connectivity index (χ0n) is 18.4. The lowest BCUT2D eigenvalue weighted by molar-refractivity contribution is 0.0698. The van der Waals surface area contributed by atoms with Crippen molar-refractivity contribution in [3.8, 4) is 11.5 Å². The maximum atomic E-state index is 10.6. The van der Waals surface area contributed by atoms with Crippen LogP contribution in [0.15, 0.2) is 53.0 Å². The summed E-state index contributed by atoms with van der Waals surface area (Å²) >= 11 is 5.97. The second kappa shape index (κ2) is 8.67. The van der Waals surface area contributed by atoms with Crippen LogP contribution in [0.5, 0.6) is 0 Å². The van der Waals surface area contributed by atoms with Gasteiger partial charge in [0.1, 0.15) is 5.52 Å². The predicted molar refractivity (Wildman–Crippen MR) is 127 cm³/mol. The van der Waals surface area contributed by atoms with E-state index in [1.54, 1.807) is 6.08 Å². The van der Waals surface area contributed by atoms with E-state index in [9.17, 15) is 5.11 Å². The Morgan fingerprint density at radius 3 is 2.43 bits per heavy atom. The lowest BCUT2D eigenvalue weighted by Crippen LogP contribution is -2.45. The van der Waals surface area contributed by atoms with Crippen LogP contribution in [0, 0.1) is 0 Å². The van der Waals surface area contributed by atoms with E-state index >= 15 is 0 Å². The molecule has 0 radical (unpaired) electrons. The first kappa shape index (κ1) is 22.8. The SMILES string of the molecule is C[C@H](O[Si](C)(C)C(C)(C)C)[C@@H](O)/C=C/c1cccc2nc(-c3ccc(Cl)cc3)oc12. The topological polar surface area (TPSA) is 55.5 Å². The third-order valence-electron chi connectivity index (χ3n) is 5.78. The molecule has 1 heterocycles. The van der Waals surface area contributed by atoms with E-state index in [2.05, 4.69) is 38.8 Å². The van der Waals surface area contributed by atoms with Gasteiger partial charge in [0.15, 0.2) is 13.9 Å². The first-order valence-corrected chi connectivity index (χ1v) is 13.5. The quantitative estimate of drug-likeness (QED) is 0.419. The second-order valence-corrected chi connectivity index (χ2v) is 14.3. The molecule has 2 atom stereocenters. The van der Waals surface area contributed by atoms with E-state index in [1.807, 2.05) is 55.5 Å². The molecule has 3 rings (SSSR count). The molecule has 30 heavy (non-hydrogen) atoms. The minimum atomic E-state index is -1.95. The standard InChI is InChI=1S/C24H30ClNO3Si/c1-16(29-30(5,6)24(2,3)4)21(27)15-12-17-8-7-9-20-22(17)28-23(26-20)18-10-13-19(25)14-11-18/h7-16,21,27H,1-6H3/b15-12+/t16-,21-/m0/s1. The van der Waals surface area contributed by atoms with Gasteiger partial charge in [0.2, 0.25) is 5.89 Å². The highest BCUT2D eigenvalue weighted by atomic mass is 35.5. The number of aliphatic hydroxyl groups is 1. The number of halogens is 1. The number of hydrogen-bond donors (Lipinski definition) is 1. The van der Waals surface area contributed by atoms with Crippen molar-refractivity contribution in [2.75, 3.05) is 0 Å². The fourth-order valence-corrected chi connectivity index (χ4v) is 4.44. The van der Waals surface area contributed by atoms with Crippen molar-refractivity contribution in [3.05, 3.63) is 59.1 Å². The summed E-state index contributed by atoms with van der Waals surface area (Å²) < 4.78 is 12.3. The molecular weight excluding hydrogens is 414 g/mol. The van der Waals surface area contributed by atoms with Gasteiger partial charge in [-0.05, 0) is 55.4 Å². The zero-order valence-corrected chi connectivity index (χ0v) is 20.2. The molecule has 0 aliphatic rings. The van der Waals surface area contributed by atoms with Crippen LogP contribution in [-0.4, -0.2) is 30.6 Å². The monoisotopic (exact) mass is 443 g/mol. The molecule has 0 saturated carbocycles. The molecule has 6 heteroatoms. The fourth-order valence-electron chi connectivity index (χ4n) is 2.89. The molecule has 1 aromatic heterocycles. The van der Waals surface area contributed by atoms with Crippen LogP contribution >= 0.6 is 11.6 Å². The van der Waals surface area contributed by atoms with Crippen molar-refractivity contribution >= 4 is 37.1 Å². The van der Waals surface area contributed by atoms with Crippen molar-refractivity contribution in [2.24, 2.45) is 0 Å². The summed E-state index contributed by atoms with van der Waals surface area (Å²) in [6.45, 7) is 12.9. The summed E-state index contributed by atoms with van der Waals surface area (Å²) in [6, 6.07) is 13.2. The number of benzene rings is 2. The molecule has 0 saturated heterocycles.